The molecule has 3 nitrogen and oxygen atoms in total. The van der Waals surface area contributed by atoms with Gasteiger partial charge in [-0.3, -0.25) is 0 Å². The molecule has 1 N–H and O–H groups in total. The van der Waals surface area contributed by atoms with Crippen molar-refractivity contribution in [3.63, 3.8) is 0 Å². The molecule has 0 spiro atoms. The van der Waals surface area contributed by atoms with Gasteiger partial charge >= 0.3 is 0 Å². The number of hydrogen-bond donors (Lipinski definition) is 1. The molecule has 5 atom stereocenters. The second kappa shape index (κ2) is 8.42. The van der Waals surface area contributed by atoms with E-state index < -0.39 is 0 Å². The van der Waals surface area contributed by atoms with Crippen molar-refractivity contribution in [2.24, 2.45) is 0 Å². The van der Waals surface area contributed by atoms with Gasteiger partial charge in [0.25, 0.3) is 0 Å². The van der Waals surface area contributed by atoms with Crippen molar-refractivity contribution < 1.29 is 14.4 Å². The molecular weight excluding hydrogens is 235 g/mol. The van der Waals surface area contributed by atoms with Crippen molar-refractivity contribution in [1.29, 1.82) is 0 Å². The number of hydrogen-bond acceptors (Lipinski definition) is 3. The first kappa shape index (κ1) is 15.4. The lowest BCUT2D eigenvalue weighted by molar-refractivity contribution is -0.0810. The van der Waals surface area contributed by atoms with Gasteiger partial charge in [-0.05, 0) is 38.5 Å². The third-order valence-electron chi connectivity index (χ3n) is 3.62. The standard InChI is InChI=1S/C13H27O3P/c1-3-10(14)8-12-6-5-7-13(15-12)9-11(4-2)16-17/h10-14H,3-9,17H2,1-2H3/t10-,11-,12+,13-/m0/s1. The summed E-state index contributed by atoms with van der Waals surface area (Å²) < 4.78 is 11.4. The van der Waals surface area contributed by atoms with Crippen LogP contribution in [0, 0.1) is 0 Å². The Morgan fingerprint density at radius 1 is 1.24 bits per heavy atom. The van der Waals surface area contributed by atoms with Crippen LogP contribution in [0.15, 0.2) is 0 Å². The highest BCUT2D eigenvalue weighted by Gasteiger charge is 2.25. The van der Waals surface area contributed by atoms with Gasteiger partial charge in [-0.25, -0.2) is 0 Å². The van der Waals surface area contributed by atoms with E-state index in [4.69, 9.17) is 9.26 Å². The molecule has 0 aromatic heterocycles. The minimum Gasteiger partial charge on any atom is -0.393 e. The van der Waals surface area contributed by atoms with E-state index in [0.29, 0.717) is 6.10 Å². The van der Waals surface area contributed by atoms with Crippen LogP contribution in [-0.4, -0.2) is 29.5 Å². The summed E-state index contributed by atoms with van der Waals surface area (Å²) in [5, 5.41) is 9.66. The van der Waals surface area contributed by atoms with Crippen molar-refractivity contribution in [2.45, 2.75) is 83.2 Å². The van der Waals surface area contributed by atoms with Gasteiger partial charge in [-0.2, -0.15) is 0 Å². The van der Waals surface area contributed by atoms with Gasteiger partial charge < -0.3 is 14.4 Å². The SMILES string of the molecule is CC[C@H](O)C[C@H]1CCC[C@@H](C[C@H](CC)OP)O1. The van der Waals surface area contributed by atoms with Crippen LogP contribution in [0.3, 0.4) is 0 Å². The summed E-state index contributed by atoms with van der Waals surface area (Å²) in [6.07, 6.45) is 7.63. The average molecular weight is 262 g/mol. The summed E-state index contributed by atoms with van der Waals surface area (Å²) in [4.78, 5) is 0. The van der Waals surface area contributed by atoms with E-state index in [1.165, 1.54) is 6.42 Å². The van der Waals surface area contributed by atoms with E-state index in [2.05, 4.69) is 16.4 Å². The summed E-state index contributed by atoms with van der Waals surface area (Å²) in [5.74, 6) is 0. The summed E-state index contributed by atoms with van der Waals surface area (Å²) in [6, 6.07) is 0. The van der Waals surface area contributed by atoms with E-state index in [1.807, 2.05) is 6.92 Å². The fraction of sp³-hybridized carbons (Fsp3) is 1.00. The predicted molar refractivity (Wildman–Crippen MR) is 72.9 cm³/mol. The molecule has 1 aliphatic rings. The van der Waals surface area contributed by atoms with E-state index >= 15 is 0 Å². The normalized spacial score (nSPS) is 28.9. The third kappa shape index (κ3) is 5.65. The van der Waals surface area contributed by atoms with Crippen LogP contribution in [-0.2, 0) is 9.26 Å². The Morgan fingerprint density at radius 2 is 1.88 bits per heavy atom. The first-order valence-corrected chi connectivity index (χ1v) is 7.35. The number of aliphatic hydroxyl groups excluding tert-OH is 1. The molecule has 1 heterocycles. The molecule has 1 saturated heterocycles. The monoisotopic (exact) mass is 262 g/mol. The lowest BCUT2D eigenvalue weighted by Gasteiger charge is -2.32. The molecular formula is C13H27O3P. The summed E-state index contributed by atoms with van der Waals surface area (Å²) in [5.41, 5.74) is 0. The van der Waals surface area contributed by atoms with Gasteiger partial charge in [-0.15, -0.1) is 0 Å². The molecule has 17 heavy (non-hydrogen) atoms. The van der Waals surface area contributed by atoms with Gasteiger partial charge in [0.05, 0.1) is 24.4 Å². The molecule has 102 valence electrons. The van der Waals surface area contributed by atoms with Crippen LogP contribution >= 0.6 is 9.47 Å². The van der Waals surface area contributed by atoms with Crippen LogP contribution in [0.2, 0.25) is 0 Å². The molecule has 0 aromatic rings. The van der Waals surface area contributed by atoms with Crippen molar-refractivity contribution in [3.8, 4) is 0 Å². The topological polar surface area (TPSA) is 38.7 Å². The zero-order valence-corrected chi connectivity index (χ0v) is 12.3. The second-order valence-electron chi connectivity index (χ2n) is 5.01. The van der Waals surface area contributed by atoms with Gasteiger partial charge in [0, 0.05) is 15.9 Å². The Labute approximate surface area is 108 Å². The second-order valence-corrected chi connectivity index (χ2v) is 5.28. The number of rotatable bonds is 7. The molecule has 0 amide bonds. The predicted octanol–water partition coefficient (Wildman–Crippen LogP) is 3.06. The Hall–Kier alpha value is 0.310. The maximum atomic E-state index is 9.66. The van der Waals surface area contributed by atoms with E-state index in [-0.39, 0.29) is 18.3 Å². The highest BCUT2D eigenvalue weighted by atomic mass is 31.0. The number of aliphatic hydroxyl groups is 1. The lowest BCUT2D eigenvalue weighted by Crippen LogP contribution is -2.32. The van der Waals surface area contributed by atoms with Crippen LogP contribution in [0.1, 0.15) is 58.8 Å². The average Bonchev–Trinajstić information content (AvgIpc) is 2.36. The fourth-order valence-electron chi connectivity index (χ4n) is 2.41. The molecule has 1 aliphatic heterocycles. The summed E-state index contributed by atoms with van der Waals surface area (Å²) >= 11 is 0. The molecule has 1 fully saturated rings. The molecule has 1 unspecified atom stereocenters. The Balaban J connectivity index is 2.32. The van der Waals surface area contributed by atoms with Crippen LogP contribution < -0.4 is 0 Å². The van der Waals surface area contributed by atoms with Crippen molar-refractivity contribution in [2.75, 3.05) is 0 Å². The molecule has 0 aromatic carbocycles. The lowest BCUT2D eigenvalue weighted by atomic mass is 9.96. The zero-order chi connectivity index (χ0) is 12.7. The first-order valence-electron chi connectivity index (χ1n) is 6.88. The zero-order valence-electron chi connectivity index (χ0n) is 11.1. The summed E-state index contributed by atoms with van der Waals surface area (Å²) in [6.45, 7) is 4.15. The molecule has 0 radical (unpaired) electrons. The van der Waals surface area contributed by atoms with Crippen LogP contribution in [0.5, 0.6) is 0 Å². The highest BCUT2D eigenvalue weighted by molar-refractivity contribution is 7.09. The maximum absolute atomic E-state index is 9.66. The van der Waals surface area contributed by atoms with E-state index in [9.17, 15) is 5.11 Å². The van der Waals surface area contributed by atoms with Crippen molar-refractivity contribution in [3.05, 3.63) is 0 Å². The smallest absolute Gasteiger partial charge is 0.0633 e. The Bertz CT molecular complexity index is 197. The van der Waals surface area contributed by atoms with Gasteiger partial charge in [0.15, 0.2) is 0 Å². The molecule has 0 saturated carbocycles. The molecule has 4 heteroatoms. The molecule has 0 bridgehead atoms. The largest absolute Gasteiger partial charge is 0.393 e. The Morgan fingerprint density at radius 3 is 2.41 bits per heavy atom. The Kier molecular flexibility index (Phi) is 7.61. The quantitative estimate of drug-likeness (QED) is 0.717. The van der Waals surface area contributed by atoms with Crippen LogP contribution in [0.4, 0.5) is 0 Å². The van der Waals surface area contributed by atoms with Gasteiger partial charge in [-0.1, -0.05) is 13.8 Å². The fourth-order valence-corrected chi connectivity index (χ4v) is 2.71. The maximum Gasteiger partial charge on any atom is 0.0633 e. The number of ether oxygens (including phenoxy) is 1. The molecule has 0 aliphatic carbocycles. The van der Waals surface area contributed by atoms with Gasteiger partial charge in [0.1, 0.15) is 0 Å². The van der Waals surface area contributed by atoms with E-state index in [1.54, 1.807) is 0 Å². The van der Waals surface area contributed by atoms with Crippen LogP contribution in [0.25, 0.3) is 0 Å². The van der Waals surface area contributed by atoms with E-state index in [0.717, 1.165) is 38.5 Å². The third-order valence-corrected chi connectivity index (χ3v) is 4.00. The van der Waals surface area contributed by atoms with Crippen molar-refractivity contribution >= 4 is 9.47 Å². The minimum atomic E-state index is -0.210. The summed E-state index contributed by atoms with van der Waals surface area (Å²) in [7, 11) is 2.35. The minimum absolute atomic E-state index is 0.210. The first-order chi connectivity index (χ1) is 8.19. The highest BCUT2D eigenvalue weighted by Crippen LogP contribution is 2.26. The van der Waals surface area contributed by atoms with Crippen molar-refractivity contribution in [1.82, 2.24) is 0 Å². The molecule has 1 rings (SSSR count). The van der Waals surface area contributed by atoms with Gasteiger partial charge in [0.2, 0.25) is 0 Å².